The summed E-state index contributed by atoms with van der Waals surface area (Å²) in [5, 5.41) is 3.22. The lowest BCUT2D eigenvalue weighted by Crippen LogP contribution is -2.33. The van der Waals surface area contributed by atoms with Crippen molar-refractivity contribution in [2.24, 2.45) is 0 Å². The number of rotatable bonds is 5. The van der Waals surface area contributed by atoms with Gasteiger partial charge in [0, 0.05) is 11.4 Å². The van der Waals surface area contributed by atoms with Crippen LogP contribution in [0.4, 0.5) is 26.3 Å². The maximum atomic E-state index is 12.4. The molecule has 2 aromatic heterocycles. The van der Waals surface area contributed by atoms with Gasteiger partial charge in [0.15, 0.2) is 0 Å². The van der Waals surface area contributed by atoms with Gasteiger partial charge in [-0.05, 0) is 19.1 Å². The minimum atomic E-state index is -4.77. The van der Waals surface area contributed by atoms with Gasteiger partial charge in [-0.25, -0.2) is 0 Å². The van der Waals surface area contributed by atoms with Crippen LogP contribution >= 0.6 is 11.3 Å². The maximum Gasteiger partial charge on any atom is 0.471 e. The summed E-state index contributed by atoms with van der Waals surface area (Å²) in [5.74, 6) is -2.86. The van der Waals surface area contributed by atoms with Gasteiger partial charge in [-0.15, -0.1) is 11.3 Å². The lowest BCUT2D eigenvalue weighted by molar-refractivity contribution is -0.162. The summed E-state index contributed by atoms with van der Waals surface area (Å²) in [6.45, 7) is 1.49. The smallest absolute Gasteiger partial charge is 0.338 e. The van der Waals surface area contributed by atoms with E-state index >= 15 is 0 Å². The number of amides is 1. The van der Waals surface area contributed by atoms with Gasteiger partial charge in [0.25, 0.3) is 0 Å². The second-order valence-electron chi connectivity index (χ2n) is 4.89. The third-order valence-corrected chi connectivity index (χ3v) is 4.05. The molecule has 0 aliphatic carbocycles. The second kappa shape index (κ2) is 7.02. The number of hydrogen-bond donors (Lipinski definition) is 0. The number of carbonyl (C=O) groups is 1. The molecule has 0 atom stereocenters. The van der Waals surface area contributed by atoms with Crippen molar-refractivity contribution in [3.05, 3.63) is 22.9 Å². The molecule has 0 bridgehead atoms. The minimum absolute atomic E-state index is 0.0581. The highest BCUT2D eigenvalue weighted by Crippen LogP contribution is 2.32. The molecule has 0 spiro atoms. The molecule has 5 nitrogen and oxygen atoms in total. The predicted octanol–water partition coefficient (Wildman–Crippen LogP) is 4.12. The van der Waals surface area contributed by atoms with Crippen molar-refractivity contribution in [1.29, 1.82) is 0 Å². The standard InChI is InChI=1S/C13H11F6N3O2S/c1-2-22(9(23)5-12(14,15)16)6-7-3-4-8(25-7)10-20-11(24-21-10)13(17,18)19/h3-4H,2,5-6H2,1H3. The Morgan fingerprint density at radius 2 is 1.92 bits per heavy atom. The number of carbonyl (C=O) groups excluding carboxylic acids is 1. The number of alkyl halides is 6. The molecule has 0 aliphatic rings. The van der Waals surface area contributed by atoms with E-state index in [1.807, 2.05) is 0 Å². The molecule has 0 fully saturated rings. The zero-order valence-corrected chi connectivity index (χ0v) is 13.4. The first-order chi connectivity index (χ1) is 11.5. The number of aromatic nitrogens is 2. The molecule has 0 saturated heterocycles. The Morgan fingerprint density at radius 1 is 1.24 bits per heavy atom. The van der Waals surface area contributed by atoms with Crippen LogP contribution in [0.1, 0.15) is 24.1 Å². The van der Waals surface area contributed by atoms with E-state index < -0.39 is 30.6 Å². The van der Waals surface area contributed by atoms with Crippen LogP contribution in [0.3, 0.4) is 0 Å². The summed E-state index contributed by atoms with van der Waals surface area (Å²) in [4.78, 5) is 16.6. The Kier molecular flexibility index (Phi) is 5.40. The fraction of sp³-hybridized carbons (Fsp3) is 0.462. The highest BCUT2D eigenvalue weighted by molar-refractivity contribution is 7.15. The lowest BCUT2D eigenvalue weighted by atomic mass is 10.3. The minimum Gasteiger partial charge on any atom is -0.338 e. The Hall–Kier alpha value is -2.11. The molecular formula is C13H11F6N3O2S. The number of nitrogens with zero attached hydrogens (tertiary/aromatic N) is 3. The van der Waals surface area contributed by atoms with Crippen LogP contribution in [0, 0.1) is 0 Å². The Morgan fingerprint density at radius 3 is 2.44 bits per heavy atom. The lowest BCUT2D eigenvalue weighted by Gasteiger charge is -2.20. The maximum absolute atomic E-state index is 12.4. The van der Waals surface area contributed by atoms with Gasteiger partial charge in [0.05, 0.1) is 11.4 Å². The number of thiophene rings is 1. The second-order valence-corrected chi connectivity index (χ2v) is 6.06. The highest BCUT2D eigenvalue weighted by atomic mass is 32.1. The molecular weight excluding hydrogens is 376 g/mol. The van der Waals surface area contributed by atoms with Crippen molar-refractivity contribution in [2.75, 3.05) is 6.54 Å². The van der Waals surface area contributed by atoms with E-state index in [1.165, 1.54) is 19.1 Å². The van der Waals surface area contributed by atoms with Crippen LogP contribution in [0.2, 0.25) is 0 Å². The molecule has 0 unspecified atom stereocenters. The Labute approximate surface area is 141 Å². The number of halogens is 6. The van der Waals surface area contributed by atoms with Crippen molar-refractivity contribution in [1.82, 2.24) is 15.0 Å². The summed E-state index contributed by atoms with van der Waals surface area (Å²) in [6, 6.07) is 2.89. The van der Waals surface area contributed by atoms with Crippen molar-refractivity contribution in [3.63, 3.8) is 0 Å². The summed E-state index contributed by atoms with van der Waals surface area (Å²) in [5.41, 5.74) is 0. The monoisotopic (exact) mass is 387 g/mol. The Bertz CT molecular complexity index is 737. The molecule has 1 amide bonds. The Balaban J connectivity index is 2.10. The first kappa shape index (κ1) is 19.2. The average molecular weight is 387 g/mol. The van der Waals surface area contributed by atoms with E-state index in [0.29, 0.717) is 4.88 Å². The van der Waals surface area contributed by atoms with Crippen LogP contribution in [0.15, 0.2) is 16.7 Å². The van der Waals surface area contributed by atoms with Gasteiger partial charge < -0.3 is 9.42 Å². The zero-order chi connectivity index (χ0) is 18.8. The largest absolute Gasteiger partial charge is 0.471 e. The molecule has 12 heteroatoms. The fourth-order valence-electron chi connectivity index (χ4n) is 1.87. The van der Waals surface area contributed by atoms with E-state index in [1.54, 1.807) is 0 Å². The summed E-state index contributed by atoms with van der Waals surface area (Å²) in [7, 11) is 0. The van der Waals surface area contributed by atoms with E-state index in [-0.39, 0.29) is 23.8 Å². The summed E-state index contributed by atoms with van der Waals surface area (Å²) < 4.78 is 78.3. The third kappa shape index (κ3) is 5.18. The van der Waals surface area contributed by atoms with E-state index in [9.17, 15) is 31.1 Å². The van der Waals surface area contributed by atoms with Gasteiger partial charge in [0.2, 0.25) is 11.7 Å². The molecule has 2 heterocycles. The molecule has 0 aliphatic heterocycles. The topological polar surface area (TPSA) is 59.2 Å². The first-order valence-electron chi connectivity index (χ1n) is 6.84. The normalized spacial score (nSPS) is 12.4. The molecule has 2 aromatic rings. The van der Waals surface area contributed by atoms with Crippen LogP contribution in [-0.2, 0) is 17.5 Å². The molecule has 0 N–H and O–H groups in total. The van der Waals surface area contributed by atoms with Crippen LogP contribution < -0.4 is 0 Å². The van der Waals surface area contributed by atoms with E-state index in [0.717, 1.165) is 16.2 Å². The zero-order valence-electron chi connectivity index (χ0n) is 12.6. The van der Waals surface area contributed by atoms with Crippen molar-refractivity contribution in [2.45, 2.75) is 32.2 Å². The SMILES string of the molecule is CCN(Cc1ccc(-c2noc(C(F)(F)F)n2)s1)C(=O)CC(F)(F)F. The molecule has 138 valence electrons. The average Bonchev–Trinajstić information content (AvgIpc) is 3.10. The molecule has 0 saturated carbocycles. The van der Waals surface area contributed by atoms with Crippen molar-refractivity contribution >= 4 is 17.2 Å². The summed E-state index contributed by atoms with van der Waals surface area (Å²) in [6.07, 6.45) is -10.9. The van der Waals surface area contributed by atoms with Gasteiger partial charge in [-0.2, -0.15) is 31.3 Å². The summed E-state index contributed by atoms with van der Waals surface area (Å²) >= 11 is 0.962. The third-order valence-electron chi connectivity index (χ3n) is 2.98. The molecule has 2 rings (SSSR count). The van der Waals surface area contributed by atoms with Crippen molar-refractivity contribution in [3.8, 4) is 10.7 Å². The highest BCUT2D eigenvalue weighted by Gasteiger charge is 2.38. The van der Waals surface area contributed by atoms with Crippen LogP contribution in [-0.4, -0.2) is 33.7 Å². The van der Waals surface area contributed by atoms with Crippen molar-refractivity contribution < 1.29 is 35.7 Å². The number of hydrogen-bond acceptors (Lipinski definition) is 5. The van der Waals surface area contributed by atoms with Gasteiger partial charge >= 0.3 is 18.2 Å². The van der Waals surface area contributed by atoms with Gasteiger partial charge in [0.1, 0.15) is 6.42 Å². The van der Waals surface area contributed by atoms with Crippen LogP contribution in [0.25, 0.3) is 10.7 Å². The fourth-order valence-corrected chi connectivity index (χ4v) is 2.82. The molecule has 25 heavy (non-hydrogen) atoms. The first-order valence-corrected chi connectivity index (χ1v) is 7.65. The molecule has 0 radical (unpaired) electrons. The predicted molar refractivity (Wildman–Crippen MR) is 74.4 cm³/mol. The van der Waals surface area contributed by atoms with Gasteiger partial charge in [-0.1, -0.05) is 5.16 Å². The molecule has 0 aromatic carbocycles. The van der Waals surface area contributed by atoms with E-state index in [4.69, 9.17) is 0 Å². The quantitative estimate of drug-likeness (QED) is 0.725. The van der Waals surface area contributed by atoms with Gasteiger partial charge in [-0.3, -0.25) is 4.79 Å². The van der Waals surface area contributed by atoms with E-state index in [2.05, 4.69) is 14.7 Å². The van der Waals surface area contributed by atoms with Crippen LogP contribution in [0.5, 0.6) is 0 Å².